The van der Waals surface area contributed by atoms with Gasteiger partial charge in [-0.3, -0.25) is 4.79 Å². The van der Waals surface area contributed by atoms with Gasteiger partial charge in [0.1, 0.15) is 5.69 Å². The molecule has 1 amide bonds. The van der Waals surface area contributed by atoms with Gasteiger partial charge in [-0.15, -0.1) is 0 Å². The molecule has 2 rings (SSSR count). The Labute approximate surface area is 105 Å². The number of imidazole rings is 1. The third-order valence-corrected chi connectivity index (χ3v) is 2.70. The first kappa shape index (κ1) is 12.3. The summed E-state index contributed by atoms with van der Waals surface area (Å²) in [5, 5.41) is 8.95. The third kappa shape index (κ3) is 2.75. The molecule has 0 bridgehead atoms. The van der Waals surface area contributed by atoms with Crippen molar-refractivity contribution in [2.45, 2.75) is 13.2 Å². The SMILES string of the molecule is CN(Cc1ccc(CO)cc1)C(=O)c1cnc[nH]1. The molecule has 5 nitrogen and oxygen atoms in total. The summed E-state index contributed by atoms with van der Waals surface area (Å²) < 4.78 is 0. The van der Waals surface area contributed by atoms with Crippen LogP contribution in [0.2, 0.25) is 0 Å². The Balaban J connectivity index is 2.02. The summed E-state index contributed by atoms with van der Waals surface area (Å²) in [5.41, 5.74) is 2.35. The maximum atomic E-state index is 11.9. The zero-order valence-corrected chi connectivity index (χ0v) is 10.1. The van der Waals surface area contributed by atoms with Crippen molar-refractivity contribution in [3.8, 4) is 0 Å². The van der Waals surface area contributed by atoms with Crippen molar-refractivity contribution in [3.63, 3.8) is 0 Å². The van der Waals surface area contributed by atoms with Crippen LogP contribution in [-0.4, -0.2) is 32.9 Å². The van der Waals surface area contributed by atoms with Crippen molar-refractivity contribution >= 4 is 5.91 Å². The molecule has 0 aliphatic rings. The number of nitrogens with zero attached hydrogens (tertiary/aromatic N) is 2. The van der Waals surface area contributed by atoms with Crippen LogP contribution >= 0.6 is 0 Å². The van der Waals surface area contributed by atoms with Crippen molar-refractivity contribution < 1.29 is 9.90 Å². The molecule has 2 aromatic rings. The van der Waals surface area contributed by atoms with Gasteiger partial charge in [0, 0.05) is 13.6 Å². The highest BCUT2D eigenvalue weighted by Crippen LogP contribution is 2.08. The first-order chi connectivity index (χ1) is 8.70. The van der Waals surface area contributed by atoms with Crippen LogP contribution in [0.4, 0.5) is 0 Å². The van der Waals surface area contributed by atoms with Gasteiger partial charge in [0.2, 0.25) is 0 Å². The molecule has 18 heavy (non-hydrogen) atoms. The van der Waals surface area contributed by atoms with E-state index in [4.69, 9.17) is 5.11 Å². The molecular weight excluding hydrogens is 230 g/mol. The van der Waals surface area contributed by atoms with Gasteiger partial charge in [0.15, 0.2) is 0 Å². The summed E-state index contributed by atoms with van der Waals surface area (Å²) in [6.07, 6.45) is 2.99. The summed E-state index contributed by atoms with van der Waals surface area (Å²) in [6, 6.07) is 7.51. The highest BCUT2D eigenvalue weighted by molar-refractivity contribution is 5.91. The largest absolute Gasteiger partial charge is 0.392 e. The molecule has 0 spiro atoms. The second-order valence-electron chi connectivity index (χ2n) is 4.10. The number of aliphatic hydroxyl groups excluding tert-OH is 1. The number of H-pyrrole nitrogens is 1. The van der Waals surface area contributed by atoms with Gasteiger partial charge in [-0.05, 0) is 11.1 Å². The molecule has 0 radical (unpaired) electrons. The lowest BCUT2D eigenvalue weighted by Crippen LogP contribution is -2.26. The van der Waals surface area contributed by atoms with Gasteiger partial charge >= 0.3 is 0 Å². The molecule has 0 aliphatic heterocycles. The Morgan fingerprint density at radius 1 is 1.33 bits per heavy atom. The topological polar surface area (TPSA) is 69.2 Å². The fourth-order valence-electron chi connectivity index (χ4n) is 1.67. The summed E-state index contributed by atoms with van der Waals surface area (Å²) in [5.74, 6) is -0.0984. The Morgan fingerprint density at radius 2 is 2.00 bits per heavy atom. The Kier molecular flexibility index (Phi) is 3.74. The van der Waals surface area contributed by atoms with Crippen LogP contribution < -0.4 is 0 Å². The zero-order chi connectivity index (χ0) is 13.0. The van der Waals surface area contributed by atoms with Gasteiger partial charge in [-0.2, -0.15) is 0 Å². The van der Waals surface area contributed by atoms with Crippen LogP contribution in [0.5, 0.6) is 0 Å². The quantitative estimate of drug-likeness (QED) is 0.849. The van der Waals surface area contributed by atoms with Gasteiger partial charge in [-0.1, -0.05) is 24.3 Å². The molecule has 0 aliphatic carbocycles. The van der Waals surface area contributed by atoms with E-state index in [0.29, 0.717) is 12.2 Å². The van der Waals surface area contributed by atoms with Crippen molar-refractivity contribution in [1.82, 2.24) is 14.9 Å². The standard InChI is InChI=1S/C13H15N3O2/c1-16(13(18)12-6-14-9-15-12)7-10-2-4-11(8-17)5-3-10/h2-6,9,17H,7-8H2,1H3,(H,14,15). The van der Waals surface area contributed by atoms with Crippen molar-refractivity contribution in [3.05, 3.63) is 53.6 Å². The maximum absolute atomic E-state index is 11.9. The first-order valence-corrected chi connectivity index (χ1v) is 5.63. The lowest BCUT2D eigenvalue weighted by molar-refractivity contribution is 0.0780. The number of hydrogen-bond donors (Lipinski definition) is 2. The van der Waals surface area contributed by atoms with Gasteiger partial charge < -0.3 is 15.0 Å². The number of aromatic amines is 1. The average Bonchev–Trinajstić information content (AvgIpc) is 2.92. The van der Waals surface area contributed by atoms with Crippen LogP contribution in [0, 0.1) is 0 Å². The lowest BCUT2D eigenvalue weighted by atomic mass is 10.1. The molecule has 0 unspecified atom stereocenters. The predicted octanol–water partition coefficient (Wildman–Crippen LogP) is 1.17. The highest BCUT2D eigenvalue weighted by atomic mass is 16.3. The number of aromatic nitrogens is 2. The predicted molar refractivity (Wildman–Crippen MR) is 66.8 cm³/mol. The second-order valence-corrected chi connectivity index (χ2v) is 4.10. The zero-order valence-electron chi connectivity index (χ0n) is 10.1. The molecule has 2 N–H and O–H groups in total. The Morgan fingerprint density at radius 3 is 2.56 bits per heavy atom. The average molecular weight is 245 g/mol. The van der Waals surface area contributed by atoms with Gasteiger partial charge in [0.25, 0.3) is 5.91 Å². The van der Waals surface area contributed by atoms with Crippen molar-refractivity contribution in [2.24, 2.45) is 0 Å². The van der Waals surface area contributed by atoms with Gasteiger partial charge in [0.05, 0.1) is 19.1 Å². The molecule has 5 heteroatoms. The fraction of sp³-hybridized carbons (Fsp3) is 0.231. The van der Waals surface area contributed by atoms with Crippen LogP contribution in [0.15, 0.2) is 36.8 Å². The number of amides is 1. The molecule has 1 heterocycles. The molecule has 1 aromatic heterocycles. The lowest BCUT2D eigenvalue weighted by Gasteiger charge is -2.16. The highest BCUT2D eigenvalue weighted by Gasteiger charge is 2.12. The number of rotatable bonds is 4. The van der Waals surface area contributed by atoms with Crippen LogP contribution in [0.3, 0.4) is 0 Å². The van der Waals surface area contributed by atoms with E-state index in [1.54, 1.807) is 11.9 Å². The number of nitrogens with one attached hydrogen (secondary N) is 1. The molecule has 0 saturated carbocycles. The van der Waals surface area contributed by atoms with Crippen LogP contribution in [0.1, 0.15) is 21.6 Å². The minimum atomic E-state index is -0.0984. The van der Waals surface area contributed by atoms with Crippen LogP contribution in [-0.2, 0) is 13.2 Å². The van der Waals surface area contributed by atoms with E-state index in [1.807, 2.05) is 24.3 Å². The van der Waals surface area contributed by atoms with Crippen LogP contribution in [0.25, 0.3) is 0 Å². The minimum absolute atomic E-state index is 0.0309. The van der Waals surface area contributed by atoms with Gasteiger partial charge in [-0.25, -0.2) is 4.98 Å². The van der Waals surface area contributed by atoms with E-state index < -0.39 is 0 Å². The molecule has 94 valence electrons. The summed E-state index contributed by atoms with van der Waals surface area (Å²) >= 11 is 0. The van der Waals surface area contributed by atoms with E-state index in [-0.39, 0.29) is 12.5 Å². The van der Waals surface area contributed by atoms with Crippen molar-refractivity contribution in [2.75, 3.05) is 7.05 Å². The first-order valence-electron chi connectivity index (χ1n) is 5.63. The second kappa shape index (κ2) is 5.46. The molecule has 0 atom stereocenters. The minimum Gasteiger partial charge on any atom is -0.392 e. The molecule has 1 aromatic carbocycles. The molecule has 0 saturated heterocycles. The van der Waals surface area contributed by atoms with E-state index in [2.05, 4.69) is 9.97 Å². The number of carbonyl (C=O) groups is 1. The number of aliphatic hydroxyl groups is 1. The third-order valence-electron chi connectivity index (χ3n) is 2.70. The fourth-order valence-corrected chi connectivity index (χ4v) is 1.67. The summed E-state index contributed by atoms with van der Waals surface area (Å²) in [6.45, 7) is 0.548. The van der Waals surface area contributed by atoms with E-state index in [1.165, 1.54) is 12.5 Å². The normalized spacial score (nSPS) is 10.3. The number of benzene rings is 1. The molecular formula is C13H15N3O2. The Bertz CT molecular complexity index is 506. The smallest absolute Gasteiger partial charge is 0.271 e. The molecule has 0 fully saturated rings. The van der Waals surface area contributed by atoms with E-state index >= 15 is 0 Å². The van der Waals surface area contributed by atoms with Crippen molar-refractivity contribution in [1.29, 1.82) is 0 Å². The maximum Gasteiger partial charge on any atom is 0.271 e. The summed E-state index contributed by atoms with van der Waals surface area (Å²) in [7, 11) is 1.74. The van der Waals surface area contributed by atoms with E-state index in [0.717, 1.165) is 11.1 Å². The monoisotopic (exact) mass is 245 g/mol. The Hall–Kier alpha value is -2.14. The van der Waals surface area contributed by atoms with E-state index in [9.17, 15) is 4.79 Å². The number of carbonyl (C=O) groups excluding carboxylic acids is 1. The summed E-state index contributed by atoms with van der Waals surface area (Å²) in [4.78, 5) is 20.2. The number of hydrogen-bond acceptors (Lipinski definition) is 3.